The molecule has 4 atom stereocenters. The standard InChI is InChI=1S/C24H26FN7O3/c1-26-21-9-18(29-23-14(10-28-32(21)23)24(34)30-17-4-5-20(17)33)15-11-31(19-6-8-35-12-16(19)25)22-13(15)3-2-7-27-22/h2-3,7,9-11,16-17,19-20,26,33H,4-6,8,12H2,1H3,(H,30,34)/t16-,17-,19-,20+/m1/s1. The molecule has 35 heavy (non-hydrogen) atoms. The SMILES string of the molecule is CNc1cc(-c2cn([C@@H]3CCOC[C@H]3F)c3ncccc23)nc2c(C(=O)N[C@@H]3CC[C@@H]3O)cnn12. The Morgan fingerprint density at radius 1 is 1.29 bits per heavy atom. The molecule has 6 rings (SSSR count). The van der Waals surface area contributed by atoms with Crippen molar-refractivity contribution in [2.75, 3.05) is 25.6 Å². The molecule has 4 aromatic heterocycles. The van der Waals surface area contributed by atoms with Crippen LogP contribution in [0.15, 0.2) is 36.8 Å². The summed E-state index contributed by atoms with van der Waals surface area (Å²) in [4.78, 5) is 22.3. The smallest absolute Gasteiger partial charge is 0.257 e. The van der Waals surface area contributed by atoms with E-state index in [9.17, 15) is 14.3 Å². The van der Waals surface area contributed by atoms with Crippen molar-refractivity contribution in [2.45, 2.75) is 43.6 Å². The molecule has 5 heterocycles. The van der Waals surface area contributed by atoms with E-state index in [4.69, 9.17) is 9.72 Å². The zero-order valence-electron chi connectivity index (χ0n) is 19.2. The first kappa shape index (κ1) is 21.9. The van der Waals surface area contributed by atoms with Gasteiger partial charge in [0, 0.05) is 43.1 Å². The Labute approximate surface area is 200 Å². The molecule has 0 unspecified atom stereocenters. The normalized spacial score (nSPS) is 24.4. The average molecular weight is 480 g/mol. The van der Waals surface area contributed by atoms with E-state index < -0.39 is 12.3 Å². The maximum Gasteiger partial charge on any atom is 0.257 e. The lowest BCUT2D eigenvalue weighted by atomic mass is 9.89. The third kappa shape index (κ3) is 3.62. The molecule has 2 fully saturated rings. The molecule has 11 heteroatoms. The summed E-state index contributed by atoms with van der Waals surface area (Å²) < 4.78 is 23.5. The van der Waals surface area contributed by atoms with E-state index in [-0.39, 0.29) is 24.6 Å². The molecule has 4 aromatic rings. The zero-order chi connectivity index (χ0) is 24.1. The van der Waals surface area contributed by atoms with Crippen molar-refractivity contribution in [1.29, 1.82) is 0 Å². The first-order valence-electron chi connectivity index (χ1n) is 11.8. The Balaban J connectivity index is 1.47. The Bertz CT molecular complexity index is 1420. The molecule has 1 amide bonds. The topological polar surface area (TPSA) is 119 Å². The van der Waals surface area contributed by atoms with Crippen LogP contribution in [0.4, 0.5) is 10.2 Å². The van der Waals surface area contributed by atoms with Crippen LogP contribution in [-0.2, 0) is 4.74 Å². The van der Waals surface area contributed by atoms with E-state index in [0.29, 0.717) is 47.8 Å². The summed E-state index contributed by atoms with van der Waals surface area (Å²) in [5, 5.41) is 21.0. The summed E-state index contributed by atoms with van der Waals surface area (Å²) in [7, 11) is 1.77. The number of aliphatic hydroxyl groups excluding tert-OH is 1. The first-order chi connectivity index (χ1) is 17.0. The Morgan fingerprint density at radius 3 is 2.91 bits per heavy atom. The number of nitrogens with zero attached hydrogens (tertiary/aromatic N) is 5. The lowest BCUT2D eigenvalue weighted by Crippen LogP contribution is -2.50. The van der Waals surface area contributed by atoms with Crippen molar-refractivity contribution >= 4 is 28.4 Å². The molecule has 1 saturated heterocycles. The number of aromatic nitrogens is 5. The van der Waals surface area contributed by atoms with Crippen molar-refractivity contribution in [1.82, 2.24) is 29.5 Å². The number of alkyl halides is 1. The molecule has 0 aromatic carbocycles. The highest BCUT2D eigenvalue weighted by atomic mass is 19.1. The van der Waals surface area contributed by atoms with Gasteiger partial charge in [-0.1, -0.05) is 0 Å². The van der Waals surface area contributed by atoms with Gasteiger partial charge in [0.15, 0.2) is 5.65 Å². The molecule has 0 bridgehead atoms. The van der Waals surface area contributed by atoms with E-state index in [2.05, 4.69) is 20.7 Å². The fraction of sp³-hybridized carbons (Fsp3) is 0.417. The third-order valence-corrected chi connectivity index (χ3v) is 7.00. The number of ether oxygens (including phenoxy) is 1. The van der Waals surface area contributed by atoms with Crippen LogP contribution in [0.1, 0.15) is 35.7 Å². The molecule has 182 valence electrons. The van der Waals surface area contributed by atoms with Crippen molar-refractivity contribution in [2.24, 2.45) is 0 Å². The fourth-order valence-corrected chi connectivity index (χ4v) is 4.88. The lowest BCUT2D eigenvalue weighted by molar-refractivity contribution is 0.00443. The number of anilines is 1. The number of carbonyl (C=O) groups excluding carboxylic acids is 1. The number of hydrogen-bond acceptors (Lipinski definition) is 7. The van der Waals surface area contributed by atoms with E-state index in [0.717, 1.165) is 17.4 Å². The van der Waals surface area contributed by atoms with Crippen LogP contribution in [0.3, 0.4) is 0 Å². The van der Waals surface area contributed by atoms with Gasteiger partial charge in [-0.15, -0.1) is 0 Å². The van der Waals surface area contributed by atoms with Gasteiger partial charge in [0.05, 0.1) is 36.7 Å². The van der Waals surface area contributed by atoms with Gasteiger partial charge in [0.1, 0.15) is 23.2 Å². The van der Waals surface area contributed by atoms with E-state index in [1.54, 1.807) is 17.8 Å². The highest BCUT2D eigenvalue weighted by Crippen LogP contribution is 2.35. The predicted molar refractivity (Wildman–Crippen MR) is 127 cm³/mol. The van der Waals surface area contributed by atoms with Crippen LogP contribution in [-0.4, -0.2) is 73.7 Å². The van der Waals surface area contributed by atoms with E-state index in [1.165, 1.54) is 6.20 Å². The highest BCUT2D eigenvalue weighted by Gasteiger charge is 2.32. The molecule has 10 nitrogen and oxygen atoms in total. The molecule has 0 spiro atoms. The van der Waals surface area contributed by atoms with E-state index in [1.807, 2.05) is 29.0 Å². The van der Waals surface area contributed by atoms with Crippen LogP contribution >= 0.6 is 0 Å². The van der Waals surface area contributed by atoms with Crippen LogP contribution < -0.4 is 10.6 Å². The quantitative estimate of drug-likeness (QED) is 0.402. The van der Waals surface area contributed by atoms with Crippen molar-refractivity contribution in [3.05, 3.63) is 42.4 Å². The number of aliphatic hydroxyl groups is 1. The first-order valence-corrected chi connectivity index (χ1v) is 11.8. The number of hydrogen-bond donors (Lipinski definition) is 3. The van der Waals surface area contributed by atoms with Gasteiger partial charge in [-0.05, 0) is 31.4 Å². The largest absolute Gasteiger partial charge is 0.391 e. The summed E-state index contributed by atoms with van der Waals surface area (Å²) in [6.45, 7) is 0.551. The molecular formula is C24H26FN7O3. The number of pyridine rings is 1. The predicted octanol–water partition coefficient (Wildman–Crippen LogP) is 2.34. The van der Waals surface area contributed by atoms with E-state index >= 15 is 0 Å². The lowest BCUT2D eigenvalue weighted by Gasteiger charge is -2.32. The summed E-state index contributed by atoms with van der Waals surface area (Å²) >= 11 is 0. The molecular weight excluding hydrogens is 453 g/mol. The maximum atomic E-state index is 14.8. The maximum absolute atomic E-state index is 14.8. The summed E-state index contributed by atoms with van der Waals surface area (Å²) in [5.74, 6) is 0.314. The number of halogens is 1. The number of amides is 1. The van der Waals surface area contributed by atoms with Gasteiger partial charge >= 0.3 is 0 Å². The monoisotopic (exact) mass is 479 g/mol. The average Bonchev–Trinajstić information content (AvgIpc) is 3.48. The highest BCUT2D eigenvalue weighted by molar-refractivity contribution is 6.01. The summed E-state index contributed by atoms with van der Waals surface area (Å²) in [5.41, 5.74) is 2.78. The van der Waals surface area contributed by atoms with Gasteiger partial charge in [0.25, 0.3) is 5.91 Å². The zero-order valence-corrected chi connectivity index (χ0v) is 19.2. The Kier molecular flexibility index (Phi) is 5.37. The van der Waals surface area contributed by atoms with Crippen LogP contribution in [0, 0.1) is 0 Å². The molecule has 1 aliphatic carbocycles. The van der Waals surface area contributed by atoms with Crippen LogP contribution in [0.25, 0.3) is 27.9 Å². The minimum absolute atomic E-state index is 0.0601. The van der Waals surface area contributed by atoms with Crippen molar-refractivity contribution in [3.63, 3.8) is 0 Å². The molecule has 1 aliphatic heterocycles. The minimum atomic E-state index is -1.13. The third-order valence-electron chi connectivity index (χ3n) is 7.00. The molecule has 2 aliphatic rings. The van der Waals surface area contributed by atoms with Gasteiger partial charge in [0.2, 0.25) is 0 Å². The second kappa shape index (κ2) is 8.58. The van der Waals surface area contributed by atoms with Crippen molar-refractivity contribution < 1.29 is 19.0 Å². The number of nitrogens with one attached hydrogen (secondary N) is 2. The van der Waals surface area contributed by atoms with Gasteiger partial charge in [-0.3, -0.25) is 4.79 Å². The number of carbonyl (C=O) groups is 1. The fourth-order valence-electron chi connectivity index (χ4n) is 4.88. The summed E-state index contributed by atoms with van der Waals surface area (Å²) in [6, 6.07) is 4.98. The minimum Gasteiger partial charge on any atom is -0.391 e. The Hall–Kier alpha value is -3.57. The van der Waals surface area contributed by atoms with Gasteiger partial charge in [-0.2, -0.15) is 9.61 Å². The second-order valence-electron chi connectivity index (χ2n) is 9.07. The van der Waals surface area contributed by atoms with Crippen LogP contribution in [0.5, 0.6) is 0 Å². The molecule has 1 saturated carbocycles. The second-order valence-corrected chi connectivity index (χ2v) is 9.07. The van der Waals surface area contributed by atoms with Crippen LogP contribution in [0.2, 0.25) is 0 Å². The Morgan fingerprint density at radius 2 is 2.17 bits per heavy atom. The number of rotatable bonds is 5. The van der Waals surface area contributed by atoms with Gasteiger partial charge < -0.3 is 25.0 Å². The van der Waals surface area contributed by atoms with Crippen molar-refractivity contribution in [3.8, 4) is 11.3 Å². The molecule has 3 N–H and O–H groups in total. The van der Waals surface area contributed by atoms with Gasteiger partial charge in [-0.25, -0.2) is 14.4 Å². The summed E-state index contributed by atoms with van der Waals surface area (Å²) in [6.07, 6.45) is 5.36. The number of fused-ring (bicyclic) bond motifs is 2. The molecule has 0 radical (unpaired) electrons.